The van der Waals surface area contributed by atoms with E-state index >= 15 is 0 Å². The van der Waals surface area contributed by atoms with Gasteiger partial charge in [-0.1, -0.05) is 15.9 Å². The molecule has 0 atom stereocenters. The molecule has 5 nitrogen and oxygen atoms in total. The second kappa shape index (κ2) is 5.13. The van der Waals surface area contributed by atoms with Crippen LogP contribution in [-0.2, 0) is 4.79 Å². The van der Waals surface area contributed by atoms with Crippen LogP contribution in [0.15, 0.2) is 30.7 Å². The van der Waals surface area contributed by atoms with E-state index in [2.05, 4.69) is 31.2 Å². The third-order valence-electron chi connectivity index (χ3n) is 2.63. The SMILES string of the molecule is Cc1nccn1-c1ncccc1NC(=O)C(C)(C)Br. The largest absolute Gasteiger partial charge is 0.322 e. The van der Waals surface area contributed by atoms with Crippen molar-refractivity contribution in [2.75, 3.05) is 5.32 Å². The van der Waals surface area contributed by atoms with Crippen LogP contribution in [0.1, 0.15) is 19.7 Å². The van der Waals surface area contributed by atoms with Crippen LogP contribution in [0.4, 0.5) is 5.69 Å². The number of imidazole rings is 1. The fourth-order valence-corrected chi connectivity index (χ4v) is 1.66. The van der Waals surface area contributed by atoms with Crippen molar-refractivity contribution >= 4 is 27.5 Å². The molecule has 19 heavy (non-hydrogen) atoms. The molecule has 100 valence electrons. The van der Waals surface area contributed by atoms with E-state index in [0.29, 0.717) is 11.5 Å². The van der Waals surface area contributed by atoms with E-state index in [9.17, 15) is 4.79 Å². The number of rotatable bonds is 3. The van der Waals surface area contributed by atoms with Crippen LogP contribution < -0.4 is 5.32 Å². The van der Waals surface area contributed by atoms with Gasteiger partial charge in [0.05, 0.1) is 10.0 Å². The van der Waals surface area contributed by atoms with Gasteiger partial charge in [-0.15, -0.1) is 0 Å². The maximum absolute atomic E-state index is 12.0. The highest BCUT2D eigenvalue weighted by molar-refractivity contribution is 9.10. The molecule has 0 radical (unpaired) electrons. The Morgan fingerprint density at radius 2 is 2.11 bits per heavy atom. The molecule has 2 aromatic heterocycles. The van der Waals surface area contributed by atoms with Gasteiger partial charge in [-0.25, -0.2) is 9.97 Å². The van der Waals surface area contributed by atoms with Crippen LogP contribution in [-0.4, -0.2) is 24.8 Å². The number of hydrogen-bond donors (Lipinski definition) is 1. The summed E-state index contributed by atoms with van der Waals surface area (Å²) < 4.78 is 1.20. The number of nitrogens with zero attached hydrogens (tertiary/aromatic N) is 3. The standard InChI is InChI=1S/C13H15BrN4O/c1-9-15-7-8-18(9)11-10(5-4-6-16-11)17-12(19)13(2,3)14/h4-8H,1-3H3,(H,17,19). The van der Waals surface area contributed by atoms with Crippen molar-refractivity contribution in [3.05, 3.63) is 36.5 Å². The fourth-order valence-electron chi connectivity index (χ4n) is 1.56. The van der Waals surface area contributed by atoms with E-state index in [1.54, 1.807) is 32.3 Å². The Labute approximate surface area is 120 Å². The second-order valence-corrected chi connectivity index (χ2v) is 6.63. The van der Waals surface area contributed by atoms with Crippen molar-refractivity contribution in [3.8, 4) is 5.82 Å². The van der Waals surface area contributed by atoms with Crippen LogP contribution in [0.25, 0.3) is 5.82 Å². The topological polar surface area (TPSA) is 59.8 Å². The molecular formula is C13H15BrN4O. The van der Waals surface area contributed by atoms with Crippen molar-refractivity contribution in [1.82, 2.24) is 14.5 Å². The molecule has 2 aromatic rings. The van der Waals surface area contributed by atoms with Crippen molar-refractivity contribution in [2.24, 2.45) is 0 Å². The summed E-state index contributed by atoms with van der Waals surface area (Å²) in [7, 11) is 0. The first kappa shape index (κ1) is 13.7. The number of pyridine rings is 1. The predicted molar refractivity (Wildman–Crippen MR) is 77.7 cm³/mol. The molecule has 1 N–H and O–H groups in total. The number of nitrogens with one attached hydrogen (secondary N) is 1. The fraction of sp³-hybridized carbons (Fsp3) is 0.308. The first-order chi connectivity index (χ1) is 8.89. The minimum Gasteiger partial charge on any atom is -0.322 e. The van der Waals surface area contributed by atoms with E-state index in [1.165, 1.54) is 0 Å². The molecule has 1 amide bonds. The third-order valence-corrected chi connectivity index (χ3v) is 2.99. The molecule has 0 saturated carbocycles. The summed E-state index contributed by atoms with van der Waals surface area (Å²) in [5.74, 6) is 1.34. The molecule has 2 heterocycles. The van der Waals surface area contributed by atoms with E-state index in [4.69, 9.17) is 0 Å². The van der Waals surface area contributed by atoms with E-state index < -0.39 is 4.32 Å². The van der Waals surface area contributed by atoms with Gasteiger partial charge in [0, 0.05) is 18.6 Å². The molecule has 6 heteroatoms. The number of hydrogen-bond acceptors (Lipinski definition) is 3. The first-order valence-electron chi connectivity index (χ1n) is 5.85. The summed E-state index contributed by atoms with van der Waals surface area (Å²) >= 11 is 3.34. The molecule has 0 spiro atoms. The van der Waals surface area contributed by atoms with Gasteiger partial charge in [-0.3, -0.25) is 9.36 Å². The summed E-state index contributed by atoms with van der Waals surface area (Å²) in [4.78, 5) is 20.5. The lowest BCUT2D eigenvalue weighted by atomic mass is 10.2. The zero-order valence-corrected chi connectivity index (χ0v) is 12.6. The van der Waals surface area contributed by atoms with Crippen LogP contribution in [0.3, 0.4) is 0 Å². The quantitative estimate of drug-likeness (QED) is 0.884. The number of halogens is 1. The highest BCUT2D eigenvalue weighted by Gasteiger charge is 2.24. The number of carbonyl (C=O) groups excluding carboxylic acids is 1. The number of aryl methyl sites for hydroxylation is 1. The Morgan fingerprint density at radius 1 is 1.37 bits per heavy atom. The molecule has 0 fully saturated rings. The minimum absolute atomic E-state index is 0.125. The Balaban J connectivity index is 2.38. The lowest BCUT2D eigenvalue weighted by Gasteiger charge is -2.17. The lowest BCUT2D eigenvalue weighted by Crippen LogP contribution is -2.31. The Hall–Kier alpha value is -1.69. The van der Waals surface area contributed by atoms with Crippen molar-refractivity contribution in [1.29, 1.82) is 0 Å². The molecule has 0 bridgehead atoms. The second-order valence-electron chi connectivity index (χ2n) is 4.65. The van der Waals surface area contributed by atoms with Gasteiger partial charge in [-0.2, -0.15) is 0 Å². The smallest absolute Gasteiger partial charge is 0.240 e. The number of alkyl halides is 1. The monoisotopic (exact) mass is 322 g/mol. The maximum atomic E-state index is 12.0. The molecular weight excluding hydrogens is 308 g/mol. The van der Waals surface area contributed by atoms with Gasteiger partial charge < -0.3 is 5.32 Å². The predicted octanol–water partition coefficient (Wildman–Crippen LogP) is 2.69. The number of carbonyl (C=O) groups is 1. The van der Waals surface area contributed by atoms with Gasteiger partial charge in [0.15, 0.2) is 5.82 Å². The summed E-state index contributed by atoms with van der Waals surface area (Å²) in [5, 5.41) is 2.87. The van der Waals surface area contributed by atoms with E-state index in [1.807, 2.05) is 23.8 Å². The first-order valence-corrected chi connectivity index (χ1v) is 6.64. The van der Waals surface area contributed by atoms with Gasteiger partial charge in [-0.05, 0) is 32.9 Å². The van der Waals surface area contributed by atoms with Gasteiger partial charge in [0.25, 0.3) is 0 Å². The number of amides is 1. The minimum atomic E-state index is -0.635. The average molecular weight is 323 g/mol. The van der Waals surface area contributed by atoms with Gasteiger partial charge >= 0.3 is 0 Å². The van der Waals surface area contributed by atoms with Crippen LogP contribution >= 0.6 is 15.9 Å². The molecule has 2 rings (SSSR count). The normalized spacial score (nSPS) is 11.4. The van der Waals surface area contributed by atoms with Crippen molar-refractivity contribution in [2.45, 2.75) is 25.1 Å². The van der Waals surface area contributed by atoms with Gasteiger partial charge in [0.1, 0.15) is 5.82 Å². The Morgan fingerprint density at radius 3 is 2.68 bits per heavy atom. The van der Waals surface area contributed by atoms with E-state index in [-0.39, 0.29) is 5.91 Å². The number of aromatic nitrogens is 3. The maximum Gasteiger partial charge on any atom is 0.240 e. The Bertz CT molecular complexity index is 601. The molecule has 0 aliphatic heterocycles. The highest BCUT2D eigenvalue weighted by Crippen LogP contribution is 2.22. The molecule has 0 saturated heterocycles. The van der Waals surface area contributed by atoms with Crippen LogP contribution in [0, 0.1) is 6.92 Å². The third kappa shape index (κ3) is 3.01. The Kier molecular flexibility index (Phi) is 3.71. The van der Waals surface area contributed by atoms with Crippen LogP contribution in [0.2, 0.25) is 0 Å². The zero-order valence-electron chi connectivity index (χ0n) is 11.0. The summed E-state index contributed by atoms with van der Waals surface area (Å²) in [6.07, 6.45) is 5.19. The summed E-state index contributed by atoms with van der Waals surface area (Å²) in [6, 6.07) is 3.60. The zero-order chi connectivity index (χ0) is 14.0. The summed E-state index contributed by atoms with van der Waals surface area (Å²) in [6.45, 7) is 5.47. The molecule has 0 unspecified atom stereocenters. The van der Waals surface area contributed by atoms with Crippen molar-refractivity contribution < 1.29 is 4.79 Å². The highest BCUT2D eigenvalue weighted by atomic mass is 79.9. The lowest BCUT2D eigenvalue weighted by molar-refractivity contribution is -0.117. The average Bonchev–Trinajstić information content (AvgIpc) is 2.75. The molecule has 0 aliphatic rings. The van der Waals surface area contributed by atoms with E-state index in [0.717, 1.165) is 5.82 Å². The molecule has 0 aromatic carbocycles. The van der Waals surface area contributed by atoms with Crippen molar-refractivity contribution in [3.63, 3.8) is 0 Å². The molecule has 0 aliphatic carbocycles. The van der Waals surface area contributed by atoms with Crippen LogP contribution in [0.5, 0.6) is 0 Å². The summed E-state index contributed by atoms with van der Waals surface area (Å²) in [5.41, 5.74) is 0.654. The van der Waals surface area contributed by atoms with Gasteiger partial charge in [0.2, 0.25) is 5.91 Å². The number of anilines is 1.